The highest BCUT2D eigenvalue weighted by Crippen LogP contribution is 2.32. The van der Waals surface area contributed by atoms with Crippen molar-refractivity contribution in [1.82, 2.24) is 5.43 Å². The number of hydrogen-bond donors (Lipinski definition) is 2. The predicted octanol–water partition coefficient (Wildman–Crippen LogP) is 5.54. The number of amides is 1. The summed E-state index contributed by atoms with van der Waals surface area (Å²) in [5.74, 6) is 0.221. The van der Waals surface area contributed by atoms with Gasteiger partial charge < -0.3 is 5.11 Å². The Kier molecular flexibility index (Phi) is 7.54. The SMILES string of the molecule is Cc1cc(SCC(=O)N/N=C/c2cc(Br)c(O)c(Br)c2)c(C)cc1Br. The van der Waals surface area contributed by atoms with Crippen LogP contribution in [0.25, 0.3) is 0 Å². The zero-order chi connectivity index (χ0) is 18.6. The van der Waals surface area contributed by atoms with E-state index in [1.807, 2.05) is 19.9 Å². The van der Waals surface area contributed by atoms with E-state index in [0.717, 1.165) is 26.1 Å². The van der Waals surface area contributed by atoms with Gasteiger partial charge in [0.1, 0.15) is 5.75 Å². The standard InChI is InChI=1S/C17H15Br3N2O2S/c1-9-4-15(10(2)3-12(9)18)25-8-16(23)22-21-7-11-5-13(19)17(24)14(20)6-11/h3-7,24H,8H2,1-2H3,(H,22,23)/b21-7+. The van der Waals surface area contributed by atoms with E-state index >= 15 is 0 Å². The fourth-order valence-corrected chi connectivity index (χ4v) is 4.50. The monoisotopic (exact) mass is 548 g/mol. The molecule has 0 spiro atoms. The molecule has 132 valence electrons. The van der Waals surface area contributed by atoms with Crippen molar-refractivity contribution in [3.63, 3.8) is 0 Å². The lowest BCUT2D eigenvalue weighted by atomic mass is 10.2. The molecule has 0 atom stereocenters. The predicted molar refractivity (Wildman–Crippen MR) is 114 cm³/mol. The molecular formula is C17H15Br3N2O2S. The Labute approximate surface area is 175 Å². The van der Waals surface area contributed by atoms with Crippen LogP contribution in [0.2, 0.25) is 0 Å². The van der Waals surface area contributed by atoms with Crippen LogP contribution >= 0.6 is 59.6 Å². The quantitative estimate of drug-likeness (QED) is 0.292. The Morgan fingerprint density at radius 1 is 1.12 bits per heavy atom. The van der Waals surface area contributed by atoms with Crippen molar-refractivity contribution in [1.29, 1.82) is 0 Å². The first-order chi connectivity index (χ1) is 11.8. The third kappa shape index (κ3) is 5.84. The molecule has 0 unspecified atom stereocenters. The number of carbonyl (C=O) groups excluding carboxylic acids is 1. The highest BCUT2D eigenvalue weighted by molar-refractivity contribution is 9.11. The summed E-state index contributed by atoms with van der Waals surface area (Å²) >= 11 is 11.5. The second-order valence-corrected chi connectivity index (χ2v) is 8.86. The minimum atomic E-state index is -0.182. The number of benzene rings is 2. The maximum Gasteiger partial charge on any atom is 0.250 e. The Hall–Kier alpha value is -0.830. The third-order valence-corrected chi connectivity index (χ3v) is 6.48. The first-order valence-electron chi connectivity index (χ1n) is 7.17. The van der Waals surface area contributed by atoms with Gasteiger partial charge in [0.25, 0.3) is 0 Å². The van der Waals surface area contributed by atoms with E-state index in [1.54, 1.807) is 12.1 Å². The summed E-state index contributed by atoms with van der Waals surface area (Å²) in [6.07, 6.45) is 1.52. The molecule has 0 aliphatic rings. The second kappa shape index (κ2) is 9.21. The summed E-state index contributed by atoms with van der Waals surface area (Å²) in [5, 5.41) is 13.6. The van der Waals surface area contributed by atoms with Crippen molar-refractivity contribution in [2.75, 3.05) is 5.75 Å². The fourth-order valence-electron chi connectivity index (χ4n) is 1.92. The van der Waals surface area contributed by atoms with Crippen molar-refractivity contribution in [2.45, 2.75) is 18.7 Å². The summed E-state index contributed by atoms with van der Waals surface area (Å²) < 4.78 is 2.16. The maximum atomic E-state index is 11.9. The molecule has 2 aromatic rings. The van der Waals surface area contributed by atoms with E-state index in [4.69, 9.17) is 0 Å². The van der Waals surface area contributed by atoms with E-state index in [1.165, 1.54) is 18.0 Å². The average molecular weight is 551 g/mol. The van der Waals surface area contributed by atoms with E-state index in [9.17, 15) is 9.90 Å². The topological polar surface area (TPSA) is 61.7 Å². The van der Waals surface area contributed by atoms with E-state index in [-0.39, 0.29) is 17.4 Å². The number of aromatic hydroxyl groups is 1. The molecule has 2 aromatic carbocycles. The third-order valence-electron chi connectivity index (χ3n) is 3.26. The molecule has 8 heteroatoms. The number of nitrogens with zero attached hydrogens (tertiary/aromatic N) is 1. The van der Waals surface area contributed by atoms with Crippen molar-refractivity contribution < 1.29 is 9.90 Å². The zero-order valence-corrected chi connectivity index (χ0v) is 19.0. The molecule has 25 heavy (non-hydrogen) atoms. The van der Waals surface area contributed by atoms with Crippen LogP contribution in [0.4, 0.5) is 0 Å². The summed E-state index contributed by atoms with van der Waals surface area (Å²) in [4.78, 5) is 13.0. The van der Waals surface area contributed by atoms with Crippen LogP contribution < -0.4 is 5.43 Å². The van der Waals surface area contributed by atoms with Gasteiger partial charge in [-0.3, -0.25) is 4.79 Å². The van der Waals surface area contributed by atoms with E-state index in [0.29, 0.717) is 8.95 Å². The smallest absolute Gasteiger partial charge is 0.250 e. The van der Waals surface area contributed by atoms with Crippen LogP contribution in [0.15, 0.2) is 47.7 Å². The van der Waals surface area contributed by atoms with Crippen molar-refractivity contribution >= 4 is 71.7 Å². The largest absolute Gasteiger partial charge is 0.506 e. The molecule has 0 radical (unpaired) electrons. The number of rotatable bonds is 5. The Bertz CT molecular complexity index is 818. The lowest BCUT2D eigenvalue weighted by Gasteiger charge is -2.08. The van der Waals surface area contributed by atoms with Gasteiger partial charge in [-0.15, -0.1) is 11.8 Å². The van der Waals surface area contributed by atoms with Gasteiger partial charge in [-0.2, -0.15) is 5.10 Å². The van der Waals surface area contributed by atoms with Gasteiger partial charge in [0.05, 0.1) is 20.9 Å². The van der Waals surface area contributed by atoms with Crippen LogP contribution in [0.5, 0.6) is 5.75 Å². The molecule has 0 saturated heterocycles. The highest BCUT2D eigenvalue weighted by Gasteiger charge is 2.07. The van der Waals surface area contributed by atoms with Gasteiger partial charge in [-0.05, 0) is 86.7 Å². The van der Waals surface area contributed by atoms with Crippen molar-refractivity contribution in [3.8, 4) is 5.75 Å². The second-order valence-electron chi connectivity index (χ2n) is 5.28. The molecule has 0 aliphatic heterocycles. The van der Waals surface area contributed by atoms with Crippen LogP contribution in [0.1, 0.15) is 16.7 Å². The molecule has 0 bridgehead atoms. The fraction of sp³-hybridized carbons (Fsp3) is 0.176. The zero-order valence-electron chi connectivity index (χ0n) is 13.4. The molecule has 0 heterocycles. The van der Waals surface area contributed by atoms with Crippen molar-refractivity contribution in [2.24, 2.45) is 5.10 Å². The van der Waals surface area contributed by atoms with Gasteiger partial charge in [0, 0.05) is 9.37 Å². The van der Waals surface area contributed by atoms with Crippen LogP contribution in [0, 0.1) is 13.8 Å². The molecule has 0 saturated carbocycles. The molecule has 1 amide bonds. The van der Waals surface area contributed by atoms with Crippen LogP contribution in [-0.2, 0) is 4.79 Å². The van der Waals surface area contributed by atoms with Gasteiger partial charge in [-0.1, -0.05) is 15.9 Å². The molecule has 2 N–H and O–H groups in total. The van der Waals surface area contributed by atoms with Gasteiger partial charge in [0.15, 0.2) is 0 Å². The minimum absolute atomic E-state index is 0.123. The number of phenols is 1. The summed E-state index contributed by atoms with van der Waals surface area (Å²) in [6.45, 7) is 4.04. The lowest BCUT2D eigenvalue weighted by molar-refractivity contribution is -0.118. The molecule has 4 nitrogen and oxygen atoms in total. The number of halogens is 3. The highest BCUT2D eigenvalue weighted by atomic mass is 79.9. The molecule has 0 aliphatic carbocycles. The lowest BCUT2D eigenvalue weighted by Crippen LogP contribution is -2.19. The van der Waals surface area contributed by atoms with Gasteiger partial charge in [0.2, 0.25) is 5.91 Å². The summed E-state index contributed by atoms with van der Waals surface area (Å²) in [6, 6.07) is 7.53. The first kappa shape index (κ1) is 20.5. The Morgan fingerprint density at radius 2 is 1.76 bits per heavy atom. The number of nitrogens with one attached hydrogen (secondary N) is 1. The number of hydrogen-bond acceptors (Lipinski definition) is 4. The van der Waals surface area contributed by atoms with Crippen LogP contribution in [-0.4, -0.2) is 23.0 Å². The minimum Gasteiger partial charge on any atom is -0.506 e. The molecular weight excluding hydrogens is 536 g/mol. The Morgan fingerprint density at radius 3 is 2.40 bits per heavy atom. The van der Waals surface area contributed by atoms with Gasteiger partial charge >= 0.3 is 0 Å². The molecule has 2 rings (SSSR count). The number of thioether (sulfide) groups is 1. The number of carbonyl (C=O) groups is 1. The van der Waals surface area contributed by atoms with E-state index in [2.05, 4.69) is 64.4 Å². The van der Waals surface area contributed by atoms with E-state index < -0.39 is 0 Å². The summed E-state index contributed by atoms with van der Waals surface area (Å²) in [5.41, 5.74) is 5.50. The molecule has 0 fully saturated rings. The number of aryl methyl sites for hydroxylation is 2. The Balaban J connectivity index is 1.92. The number of phenolic OH excluding ortho intramolecular Hbond substituents is 1. The molecule has 0 aromatic heterocycles. The van der Waals surface area contributed by atoms with Crippen LogP contribution in [0.3, 0.4) is 0 Å². The normalized spacial score (nSPS) is 11.1. The number of hydrazone groups is 1. The van der Waals surface area contributed by atoms with Crippen molar-refractivity contribution in [3.05, 3.63) is 54.4 Å². The maximum absolute atomic E-state index is 11.9. The average Bonchev–Trinajstić information content (AvgIpc) is 2.54. The first-order valence-corrected chi connectivity index (χ1v) is 10.5. The summed E-state index contributed by atoms with van der Waals surface area (Å²) in [7, 11) is 0. The van der Waals surface area contributed by atoms with Gasteiger partial charge in [-0.25, -0.2) is 5.43 Å².